The number of nitrogens with two attached hydrogens (primary N) is 1. The van der Waals surface area contributed by atoms with E-state index in [9.17, 15) is 0 Å². The van der Waals surface area contributed by atoms with Gasteiger partial charge in [-0.05, 0) is 18.6 Å². The summed E-state index contributed by atoms with van der Waals surface area (Å²) in [6.07, 6.45) is 2.60. The standard InChI is InChI=1S/C11H20N4OS/c1-7(2)8(4-5-16)13-10-6-9(12)14-11(15-10)17-3/h6-8,16H,4-5H2,1-3H3,(H3,12,13,14,15). The van der Waals surface area contributed by atoms with Gasteiger partial charge in [0.2, 0.25) is 0 Å². The van der Waals surface area contributed by atoms with Crippen LogP contribution in [0, 0.1) is 5.92 Å². The highest BCUT2D eigenvalue weighted by Crippen LogP contribution is 2.18. The molecule has 1 atom stereocenters. The van der Waals surface area contributed by atoms with Crippen LogP contribution in [0.1, 0.15) is 20.3 Å². The van der Waals surface area contributed by atoms with Crippen LogP contribution in [0.5, 0.6) is 0 Å². The Morgan fingerprint density at radius 1 is 1.47 bits per heavy atom. The van der Waals surface area contributed by atoms with Crippen LogP contribution in [-0.2, 0) is 0 Å². The third kappa shape index (κ3) is 4.40. The average molecular weight is 256 g/mol. The minimum absolute atomic E-state index is 0.159. The molecule has 6 heteroatoms. The summed E-state index contributed by atoms with van der Waals surface area (Å²) >= 11 is 1.45. The Morgan fingerprint density at radius 2 is 2.18 bits per heavy atom. The molecule has 0 bridgehead atoms. The Labute approximate surface area is 106 Å². The Balaban J connectivity index is 2.81. The number of aliphatic hydroxyl groups excluding tert-OH is 1. The molecule has 1 rings (SSSR count). The minimum atomic E-state index is 0.159. The lowest BCUT2D eigenvalue weighted by atomic mass is 10.0. The van der Waals surface area contributed by atoms with Crippen molar-refractivity contribution in [3.8, 4) is 0 Å². The largest absolute Gasteiger partial charge is 0.396 e. The van der Waals surface area contributed by atoms with E-state index in [2.05, 4.69) is 29.1 Å². The Morgan fingerprint density at radius 3 is 2.71 bits per heavy atom. The first-order chi connectivity index (χ1) is 8.06. The molecule has 0 fully saturated rings. The van der Waals surface area contributed by atoms with Gasteiger partial charge in [0.05, 0.1) is 0 Å². The zero-order valence-corrected chi connectivity index (χ0v) is 11.3. The SMILES string of the molecule is CSc1nc(N)cc(NC(CCO)C(C)C)n1. The van der Waals surface area contributed by atoms with E-state index in [0.717, 1.165) is 0 Å². The lowest BCUT2D eigenvalue weighted by Crippen LogP contribution is -2.27. The fourth-order valence-corrected chi connectivity index (χ4v) is 1.90. The molecule has 0 aliphatic carbocycles. The van der Waals surface area contributed by atoms with Crippen LogP contribution in [0.25, 0.3) is 0 Å². The van der Waals surface area contributed by atoms with Gasteiger partial charge in [0.15, 0.2) is 5.16 Å². The van der Waals surface area contributed by atoms with Gasteiger partial charge in [-0.3, -0.25) is 0 Å². The first kappa shape index (κ1) is 14.1. The second-order valence-corrected chi connectivity index (χ2v) is 4.95. The quantitative estimate of drug-likeness (QED) is 0.529. The summed E-state index contributed by atoms with van der Waals surface area (Å²) in [5, 5.41) is 13.0. The number of hydrogen-bond acceptors (Lipinski definition) is 6. The molecule has 0 aliphatic rings. The molecule has 0 amide bonds. The van der Waals surface area contributed by atoms with E-state index in [1.807, 2.05) is 6.26 Å². The molecule has 1 aromatic heterocycles. The van der Waals surface area contributed by atoms with E-state index in [1.165, 1.54) is 11.8 Å². The second kappa shape index (κ2) is 6.66. The molecule has 1 heterocycles. The van der Waals surface area contributed by atoms with Crippen molar-refractivity contribution < 1.29 is 5.11 Å². The highest BCUT2D eigenvalue weighted by molar-refractivity contribution is 7.98. The van der Waals surface area contributed by atoms with Gasteiger partial charge in [0, 0.05) is 18.7 Å². The van der Waals surface area contributed by atoms with Crippen LogP contribution in [0.15, 0.2) is 11.2 Å². The molecule has 0 saturated carbocycles. The van der Waals surface area contributed by atoms with Crippen molar-refractivity contribution in [1.29, 1.82) is 0 Å². The summed E-state index contributed by atoms with van der Waals surface area (Å²) in [6, 6.07) is 1.90. The number of rotatable bonds is 6. The normalized spacial score (nSPS) is 12.8. The van der Waals surface area contributed by atoms with Gasteiger partial charge in [-0.2, -0.15) is 0 Å². The van der Waals surface area contributed by atoms with Crippen LogP contribution >= 0.6 is 11.8 Å². The Kier molecular flexibility index (Phi) is 5.50. The number of nitrogens with one attached hydrogen (secondary N) is 1. The number of nitrogens with zero attached hydrogens (tertiary/aromatic N) is 2. The summed E-state index contributed by atoms with van der Waals surface area (Å²) in [5.74, 6) is 1.59. The summed E-state index contributed by atoms with van der Waals surface area (Å²) in [4.78, 5) is 8.43. The molecular formula is C11H20N4OS. The van der Waals surface area contributed by atoms with Crippen molar-refractivity contribution in [2.45, 2.75) is 31.5 Å². The van der Waals surface area contributed by atoms with Gasteiger partial charge < -0.3 is 16.2 Å². The maximum atomic E-state index is 9.02. The van der Waals surface area contributed by atoms with Crippen molar-refractivity contribution in [2.24, 2.45) is 5.92 Å². The van der Waals surface area contributed by atoms with Gasteiger partial charge >= 0.3 is 0 Å². The average Bonchev–Trinajstić information content (AvgIpc) is 2.27. The van der Waals surface area contributed by atoms with E-state index >= 15 is 0 Å². The van der Waals surface area contributed by atoms with E-state index in [1.54, 1.807) is 6.07 Å². The topological polar surface area (TPSA) is 84.1 Å². The molecule has 4 N–H and O–H groups in total. The van der Waals surface area contributed by atoms with Crippen LogP contribution < -0.4 is 11.1 Å². The van der Waals surface area contributed by atoms with Gasteiger partial charge in [-0.15, -0.1) is 0 Å². The molecule has 17 heavy (non-hydrogen) atoms. The third-order valence-electron chi connectivity index (χ3n) is 2.49. The van der Waals surface area contributed by atoms with Gasteiger partial charge in [0.1, 0.15) is 11.6 Å². The maximum Gasteiger partial charge on any atom is 0.191 e. The van der Waals surface area contributed by atoms with Crippen LogP contribution in [0.2, 0.25) is 0 Å². The minimum Gasteiger partial charge on any atom is -0.396 e. The fourth-order valence-electron chi connectivity index (χ4n) is 1.51. The van der Waals surface area contributed by atoms with Gasteiger partial charge in [-0.25, -0.2) is 9.97 Å². The third-order valence-corrected chi connectivity index (χ3v) is 3.03. The highest BCUT2D eigenvalue weighted by atomic mass is 32.2. The van der Waals surface area contributed by atoms with E-state index in [-0.39, 0.29) is 12.6 Å². The van der Waals surface area contributed by atoms with Crippen molar-refractivity contribution >= 4 is 23.4 Å². The maximum absolute atomic E-state index is 9.02. The molecule has 1 unspecified atom stereocenters. The van der Waals surface area contributed by atoms with Crippen LogP contribution in [0.4, 0.5) is 11.6 Å². The van der Waals surface area contributed by atoms with Crippen molar-refractivity contribution in [3.63, 3.8) is 0 Å². The Hall–Kier alpha value is -1.01. The summed E-state index contributed by atoms with van der Waals surface area (Å²) < 4.78 is 0. The number of aromatic nitrogens is 2. The monoisotopic (exact) mass is 256 g/mol. The molecular weight excluding hydrogens is 236 g/mol. The molecule has 1 aromatic rings. The molecule has 0 saturated heterocycles. The van der Waals surface area contributed by atoms with Crippen molar-refractivity contribution in [1.82, 2.24) is 9.97 Å². The molecule has 5 nitrogen and oxygen atoms in total. The Bertz CT molecular complexity index is 359. The number of anilines is 2. The predicted octanol–water partition coefficient (Wildman–Crippen LogP) is 1.60. The highest BCUT2D eigenvalue weighted by Gasteiger charge is 2.13. The lowest BCUT2D eigenvalue weighted by molar-refractivity contribution is 0.267. The summed E-state index contributed by atoms with van der Waals surface area (Å²) in [6.45, 7) is 4.37. The van der Waals surface area contributed by atoms with E-state index < -0.39 is 0 Å². The number of hydrogen-bond donors (Lipinski definition) is 3. The van der Waals surface area contributed by atoms with Crippen molar-refractivity contribution in [3.05, 3.63) is 6.07 Å². The zero-order chi connectivity index (χ0) is 12.8. The first-order valence-electron chi connectivity index (χ1n) is 5.62. The molecule has 0 aliphatic heterocycles. The van der Waals surface area contributed by atoms with Crippen LogP contribution in [0.3, 0.4) is 0 Å². The molecule has 0 spiro atoms. The zero-order valence-electron chi connectivity index (χ0n) is 10.5. The van der Waals surface area contributed by atoms with E-state index in [4.69, 9.17) is 10.8 Å². The van der Waals surface area contributed by atoms with Gasteiger partial charge in [0.25, 0.3) is 0 Å². The first-order valence-corrected chi connectivity index (χ1v) is 6.85. The number of aliphatic hydroxyl groups is 1. The number of nitrogen functional groups attached to an aromatic ring is 1. The lowest BCUT2D eigenvalue weighted by Gasteiger charge is -2.22. The molecule has 0 radical (unpaired) electrons. The summed E-state index contributed by atoms with van der Waals surface area (Å²) in [7, 11) is 0. The predicted molar refractivity (Wildman–Crippen MR) is 72.2 cm³/mol. The molecule has 0 aromatic carbocycles. The smallest absolute Gasteiger partial charge is 0.191 e. The summed E-state index contributed by atoms with van der Waals surface area (Å²) in [5.41, 5.74) is 5.71. The second-order valence-electron chi connectivity index (χ2n) is 4.17. The molecule has 96 valence electrons. The van der Waals surface area contributed by atoms with Crippen molar-refractivity contribution in [2.75, 3.05) is 23.9 Å². The van der Waals surface area contributed by atoms with E-state index in [0.29, 0.717) is 29.1 Å². The number of thioether (sulfide) groups is 1. The van der Waals surface area contributed by atoms with Gasteiger partial charge in [-0.1, -0.05) is 25.6 Å². The van der Waals surface area contributed by atoms with Crippen LogP contribution in [-0.4, -0.2) is 34.0 Å². The fraction of sp³-hybridized carbons (Fsp3) is 0.636.